The number of ketones is 1. The number of nitrogens with one attached hydrogen (secondary N) is 1. The summed E-state index contributed by atoms with van der Waals surface area (Å²) in [7, 11) is 0. The Hall–Kier alpha value is -2.43. The number of rotatable bonds is 3. The summed E-state index contributed by atoms with van der Waals surface area (Å²) < 4.78 is 5.44. The molecule has 5 nitrogen and oxygen atoms in total. The first kappa shape index (κ1) is 16.4. The second-order valence-corrected chi connectivity index (χ2v) is 6.51. The quantitative estimate of drug-likeness (QED) is 0.865. The third-order valence-electron chi connectivity index (χ3n) is 4.36. The monoisotopic (exact) mass is 326 g/mol. The van der Waals surface area contributed by atoms with Gasteiger partial charge in [0, 0.05) is 41.7 Å². The Morgan fingerprint density at radius 1 is 1.38 bits per heavy atom. The molecule has 2 aliphatic rings. The highest BCUT2D eigenvalue weighted by Gasteiger charge is 2.39. The van der Waals surface area contributed by atoms with Gasteiger partial charge in [-0.15, -0.1) is 0 Å². The van der Waals surface area contributed by atoms with E-state index in [1.54, 1.807) is 12.4 Å². The SMILES string of the molecule is CC1=C(C(=O)OC(C)C)[C@H](c2cccnc2)C2=C(CCCC2=O)N1. The van der Waals surface area contributed by atoms with Crippen molar-refractivity contribution in [2.75, 3.05) is 0 Å². The molecule has 1 atom stereocenters. The molecule has 0 saturated carbocycles. The summed E-state index contributed by atoms with van der Waals surface area (Å²) >= 11 is 0. The van der Waals surface area contributed by atoms with E-state index in [-0.39, 0.29) is 17.9 Å². The molecule has 0 bridgehead atoms. The van der Waals surface area contributed by atoms with Gasteiger partial charge in [0.1, 0.15) is 0 Å². The molecular weight excluding hydrogens is 304 g/mol. The van der Waals surface area contributed by atoms with Crippen LogP contribution in [0.5, 0.6) is 0 Å². The van der Waals surface area contributed by atoms with Crippen LogP contribution in [0.1, 0.15) is 51.5 Å². The molecule has 1 aromatic heterocycles. The molecule has 0 amide bonds. The number of pyridine rings is 1. The van der Waals surface area contributed by atoms with Gasteiger partial charge in [0.15, 0.2) is 5.78 Å². The largest absolute Gasteiger partial charge is 0.460 e. The van der Waals surface area contributed by atoms with Gasteiger partial charge in [0.25, 0.3) is 0 Å². The molecule has 0 spiro atoms. The standard InChI is InChI=1S/C19H22N2O3/c1-11(2)24-19(23)16-12(3)21-14-7-4-8-15(22)18(14)17(16)13-6-5-9-20-10-13/h5-6,9-11,17,21H,4,7-8H2,1-3H3/t17-/m0/s1. The second-order valence-electron chi connectivity index (χ2n) is 6.51. The molecular formula is C19H22N2O3. The van der Waals surface area contributed by atoms with Crippen molar-refractivity contribution >= 4 is 11.8 Å². The van der Waals surface area contributed by atoms with Crippen molar-refractivity contribution in [1.29, 1.82) is 0 Å². The van der Waals surface area contributed by atoms with Crippen molar-refractivity contribution in [2.24, 2.45) is 0 Å². The molecule has 3 rings (SSSR count). The van der Waals surface area contributed by atoms with Crippen molar-refractivity contribution < 1.29 is 14.3 Å². The Kier molecular flexibility index (Phi) is 4.51. The van der Waals surface area contributed by atoms with E-state index in [0.717, 1.165) is 29.8 Å². The molecule has 0 unspecified atom stereocenters. The number of esters is 1. The number of Topliss-reactive ketones (excluding diaryl/α,β-unsaturated/α-hetero) is 1. The van der Waals surface area contributed by atoms with E-state index in [9.17, 15) is 9.59 Å². The van der Waals surface area contributed by atoms with E-state index in [1.165, 1.54) is 0 Å². The van der Waals surface area contributed by atoms with Crippen LogP contribution in [0.3, 0.4) is 0 Å². The zero-order valence-corrected chi connectivity index (χ0v) is 14.3. The normalized spacial score (nSPS) is 20.8. The van der Waals surface area contributed by atoms with Crippen LogP contribution in [-0.2, 0) is 14.3 Å². The van der Waals surface area contributed by atoms with Crippen LogP contribution in [-0.4, -0.2) is 22.8 Å². The molecule has 24 heavy (non-hydrogen) atoms. The summed E-state index contributed by atoms with van der Waals surface area (Å²) in [6, 6.07) is 3.73. The average Bonchev–Trinajstić information content (AvgIpc) is 2.53. The highest BCUT2D eigenvalue weighted by atomic mass is 16.5. The maximum absolute atomic E-state index is 12.7. The lowest BCUT2D eigenvalue weighted by atomic mass is 9.75. The van der Waals surface area contributed by atoms with Crippen LogP contribution >= 0.6 is 0 Å². The first-order valence-corrected chi connectivity index (χ1v) is 8.34. The first-order valence-electron chi connectivity index (χ1n) is 8.34. The number of hydrogen-bond donors (Lipinski definition) is 1. The van der Waals surface area contributed by atoms with E-state index < -0.39 is 5.92 Å². The predicted molar refractivity (Wildman–Crippen MR) is 89.9 cm³/mol. The maximum Gasteiger partial charge on any atom is 0.337 e. The number of hydrogen-bond acceptors (Lipinski definition) is 5. The molecule has 5 heteroatoms. The number of aromatic nitrogens is 1. The van der Waals surface area contributed by atoms with Gasteiger partial charge in [-0.25, -0.2) is 4.79 Å². The third-order valence-corrected chi connectivity index (χ3v) is 4.36. The predicted octanol–water partition coefficient (Wildman–Crippen LogP) is 3.00. The summed E-state index contributed by atoms with van der Waals surface area (Å²) in [6.07, 6.45) is 5.36. The molecule has 0 fully saturated rings. The number of ether oxygens (including phenoxy) is 1. The van der Waals surface area contributed by atoms with Crippen molar-refractivity contribution in [1.82, 2.24) is 10.3 Å². The first-order chi connectivity index (χ1) is 11.5. The molecule has 0 saturated heterocycles. The Balaban J connectivity index is 2.12. The van der Waals surface area contributed by atoms with Gasteiger partial charge in [-0.05, 0) is 45.2 Å². The third kappa shape index (κ3) is 2.98. The lowest BCUT2D eigenvalue weighted by Gasteiger charge is -2.34. The summed E-state index contributed by atoms with van der Waals surface area (Å²) in [5, 5.41) is 3.27. The Morgan fingerprint density at radius 3 is 2.83 bits per heavy atom. The van der Waals surface area contributed by atoms with Crippen LogP contribution < -0.4 is 5.32 Å². The second kappa shape index (κ2) is 6.59. The zero-order chi connectivity index (χ0) is 17.3. The average molecular weight is 326 g/mol. The maximum atomic E-state index is 12.7. The van der Waals surface area contributed by atoms with Crippen LogP contribution in [0, 0.1) is 0 Å². The molecule has 2 heterocycles. The number of allylic oxidation sites excluding steroid dienone is 3. The zero-order valence-electron chi connectivity index (χ0n) is 14.3. The van der Waals surface area contributed by atoms with Crippen molar-refractivity contribution in [3.8, 4) is 0 Å². The molecule has 0 aromatic carbocycles. The minimum absolute atomic E-state index is 0.0972. The van der Waals surface area contributed by atoms with Crippen molar-refractivity contribution in [2.45, 2.75) is 52.1 Å². The number of carbonyl (C=O) groups excluding carboxylic acids is 2. The van der Waals surface area contributed by atoms with Crippen LogP contribution in [0.2, 0.25) is 0 Å². The molecule has 1 N–H and O–H groups in total. The Labute approximate surface area is 141 Å². The van der Waals surface area contributed by atoms with Crippen LogP contribution in [0.25, 0.3) is 0 Å². The minimum atomic E-state index is -0.408. The van der Waals surface area contributed by atoms with Crippen molar-refractivity contribution in [3.05, 3.63) is 52.6 Å². The number of dihydropyridines is 1. The Morgan fingerprint density at radius 2 is 2.17 bits per heavy atom. The fourth-order valence-corrected chi connectivity index (χ4v) is 3.41. The summed E-state index contributed by atoms with van der Waals surface area (Å²) in [6.45, 7) is 5.50. The lowest BCUT2D eigenvalue weighted by molar-refractivity contribution is -0.143. The van der Waals surface area contributed by atoms with E-state index in [1.807, 2.05) is 32.9 Å². The molecule has 1 aliphatic heterocycles. The minimum Gasteiger partial charge on any atom is -0.460 e. The van der Waals surface area contributed by atoms with Crippen LogP contribution in [0.15, 0.2) is 47.1 Å². The van der Waals surface area contributed by atoms with Gasteiger partial charge < -0.3 is 10.1 Å². The van der Waals surface area contributed by atoms with Gasteiger partial charge in [-0.2, -0.15) is 0 Å². The number of nitrogens with zero attached hydrogens (tertiary/aromatic N) is 1. The van der Waals surface area contributed by atoms with Gasteiger partial charge in [-0.1, -0.05) is 6.07 Å². The summed E-state index contributed by atoms with van der Waals surface area (Å²) in [5.74, 6) is -0.692. The van der Waals surface area contributed by atoms with E-state index in [2.05, 4.69) is 10.3 Å². The van der Waals surface area contributed by atoms with Crippen LogP contribution in [0.4, 0.5) is 0 Å². The smallest absolute Gasteiger partial charge is 0.337 e. The fraction of sp³-hybridized carbons (Fsp3) is 0.421. The van der Waals surface area contributed by atoms with Crippen molar-refractivity contribution in [3.63, 3.8) is 0 Å². The lowest BCUT2D eigenvalue weighted by Crippen LogP contribution is -2.35. The van der Waals surface area contributed by atoms with Gasteiger partial charge in [0.2, 0.25) is 0 Å². The number of carbonyl (C=O) groups is 2. The van der Waals surface area contributed by atoms with Gasteiger partial charge in [0.05, 0.1) is 11.7 Å². The molecule has 126 valence electrons. The topological polar surface area (TPSA) is 68.3 Å². The van der Waals surface area contributed by atoms with E-state index in [4.69, 9.17) is 4.74 Å². The molecule has 1 aromatic rings. The van der Waals surface area contributed by atoms with Gasteiger partial charge >= 0.3 is 5.97 Å². The summed E-state index contributed by atoms with van der Waals surface area (Å²) in [5.41, 5.74) is 3.72. The molecule has 1 aliphatic carbocycles. The Bertz CT molecular complexity index is 732. The van der Waals surface area contributed by atoms with E-state index >= 15 is 0 Å². The fourth-order valence-electron chi connectivity index (χ4n) is 3.41. The highest BCUT2D eigenvalue weighted by molar-refractivity contribution is 6.03. The summed E-state index contributed by atoms with van der Waals surface area (Å²) in [4.78, 5) is 29.5. The van der Waals surface area contributed by atoms with Gasteiger partial charge in [-0.3, -0.25) is 9.78 Å². The molecule has 0 radical (unpaired) electrons. The van der Waals surface area contributed by atoms with E-state index in [0.29, 0.717) is 17.6 Å². The highest BCUT2D eigenvalue weighted by Crippen LogP contribution is 2.42.